The van der Waals surface area contributed by atoms with Crippen molar-refractivity contribution in [3.63, 3.8) is 0 Å². The Kier molecular flexibility index (Phi) is 16.8. The largest absolute Gasteiger partial charge is 0.509 e. The third-order valence-electron chi connectivity index (χ3n) is 13.6. The predicted octanol–water partition coefficient (Wildman–Crippen LogP) is 6.30. The Labute approximate surface area is 412 Å². The molecule has 1 unspecified atom stereocenters. The fourth-order valence-electron chi connectivity index (χ4n) is 10.4. The number of nitrogens with one attached hydrogen (secondary N) is 2. The lowest BCUT2D eigenvalue weighted by Crippen LogP contribution is -2.79. The fourth-order valence-corrected chi connectivity index (χ4v) is 12.2. The van der Waals surface area contributed by atoms with Crippen LogP contribution in [0.5, 0.6) is 0 Å². The fraction of sp³-hybridized carbons (Fsp3) is 0.600. The molecule has 2 bridgehead atoms. The van der Waals surface area contributed by atoms with Gasteiger partial charge in [0.15, 0.2) is 11.4 Å². The number of aliphatic hydroxyl groups is 2. The van der Waals surface area contributed by atoms with Crippen LogP contribution in [0.3, 0.4) is 0 Å². The molecule has 17 nitrogen and oxygen atoms in total. The van der Waals surface area contributed by atoms with Gasteiger partial charge < -0.3 is 54.0 Å². The molecule has 3 fully saturated rings. The van der Waals surface area contributed by atoms with Crippen molar-refractivity contribution in [1.29, 1.82) is 0 Å². The van der Waals surface area contributed by atoms with Crippen molar-refractivity contribution >= 4 is 57.5 Å². The van der Waals surface area contributed by atoms with Crippen LogP contribution in [0, 0.1) is 22.7 Å². The molecule has 2 aromatic rings. The van der Waals surface area contributed by atoms with E-state index in [0.29, 0.717) is 24.4 Å². The van der Waals surface area contributed by atoms with Crippen LogP contribution >= 0.6 is 21.6 Å². The van der Waals surface area contributed by atoms with Crippen LogP contribution in [-0.2, 0) is 47.5 Å². The van der Waals surface area contributed by atoms with Crippen LogP contribution < -0.4 is 10.6 Å². The summed E-state index contributed by atoms with van der Waals surface area (Å²) in [6.07, 6.45) is -11.3. The first-order valence-electron chi connectivity index (χ1n) is 23.8. The minimum absolute atomic E-state index is 0.0942. The number of rotatable bonds is 17. The molecule has 1 aliphatic heterocycles. The summed E-state index contributed by atoms with van der Waals surface area (Å²) in [6.45, 7) is 14.1. The maximum Gasteiger partial charge on any atom is 0.509 e. The van der Waals surface area contributed by atoms with E-state index in [1.165, 1.54) is 24.6 Å². The highest BCUT2D eigenvalue weighted by atomic mass is 33.1. The Bertz CT molecular complexity index is 2250. The van der Waals surface area contributed by atoms with Gasteiger partial charge in [-0.05, 0) is 81.8 Å². The zero-order valence-corrected chi connectivity index (χ0v) is 42.0. The molecule has 4 aliphatic rings. The van der Waals surface area contributed by atoms with E-state index in [0.717, 1.165) is 5.75 Å². The van der Waals surface area contributed by atoms with E-state index in [1.807, 2.05) is 0 Å². The second-order valence-electron chi connectivity index (χ2n) is 19.5. The van der Waals surface area contributed by atoms with E-state index in [-0.39, 0.29) is 49.7 Å². The molecule has 0 spiro atoms. The van der Waals surface area contributed by atoms with Gasteiger partial charge >= 0.3 is 30.2 Å². The van der Waals surface area contributed by atoms with Crippen molar-refractivity contribution in [3.8, 4) is 0 Å². The average molecular weight is 1000 g/mol. The van der Waals surface area contributed by atoms with E-state index in [4.69, 9.17) is 34.5 Å². The van der Waals surface area contributed by atoms with Crippen LogP contribution in [0.15, 0.2) is 71.8 Å². The zero-order chi connectivity index (χ0) is 51.2. The van der Waals surface area contributed by atoms with Crippen LogP contribution in [0.2, 0.25) is 0 Å². The van der Waals surface area contributed by atoms with E-state index in [9.17, 15) is 29.4 Å². The number of Topliss-reactive ketones (excluding diaryl/α,β-unsaturated/α-hetero) is 1. The first-order chi connectivity index (χ1) is 33.1. The van der Waals surface area contributed by atoms with Gasteiger partial charge in [0, 0.05) is 38.7 Å². The SMILES string of the molecule is [3H]CCNCCSSCCOC(=O)O[C@@H](C(=O)O[C@H]1C[C@@H]2C(OC(=O)c3ccccc3)[C@@H]3[C@]4(OC(C)=O)CO[C@@H]4C[C@H](O)[C@@]3(C)C(=O)[C@H](O)C(=C1C)C2(C)C)[C@@H](NC(=O)OC(C)(C)C)c1ccccc1. The Morgan fingerprint density at radius 1 is 0.957 bits per heavy atom. The van der Waals surface area contributed by atoms with Crippen molar-refractivity contribution in [2.75, 3.05) is 37.8 Å². The van der Waals surface area contributed by atoms with E-state index in [2.05, 4.69) is 10.6 Å². The van der Waals surface area contributed by atoms with Crippen molar-refractivity contribution in [3.05, 3.63) is 82.9 Å². The second kappa shape index (κ2) is 22.2. The van der Waals surface area contributed by atoms with Gasteiger partial charge in [-0.3, -0.25) is 9.59 Å². The maximum atomic E-state index is 15.2. The molecule has 11 atom stereocenters. The number of hydrogen-bond acceptors (Lipinski definition) is 18. The molecular formula is C50H66N2O15S2. The monoisotopic (exact) mass is 1000 g/mol. The number of ketones is 1. The molecule has 3 aliphatic carbocycles. The Balaban J connectivity index is 1.41. The smallest absolute Gasteiger partial charge is 0.458 e. The molecule has 19 heteroatoms. The summed E-state index contributed by atoms with van der Waals surface area (Å²) in [4.78, 5) is 84.6. The molecule has 2 saturated carbocycles. The van der Waals surface area contributed by atoms with Gasteiger partial charge in [-0.2, -0.15) is 0 Å². The number of ether oxygens (including phenoxy) is 7. The van der Waals surface area contributed by atoms with E-state index >= 15 is 9.59 Å². The predicted molar refractivity (Wildman–Crippen MR) is 256 cm³/mol. The highest BCUT2D eigenvalue weighted by molar-refractivity contribution is 8.76. The highest BCUT2D eigenvalue weighted by Gasteiger charge is 2.75. The molecule has 4 N–H and O–H groups in total. The summed E-state index contributed by atoms with van der Waals surface area (Å²) in [5, 5.41) is 30.2. The van der Waals surface area contributed by atoms with Gasteiger partial charge in [-0.25, -0.2) is 19.2 Å². The van der Waals surface area contributed by atoms with Crippen molar-refractivity contribution < 1.29 is 73.5 Å². The van der Waals surface area contributed by atoms with Crippen molar-refractivity contribution in [1.82, 2.24) is 10.6 Å². The van der Waals surface area contributed by atoms with Gasteiger partial charge in [0.25, 0.3) is 0 Å². The standard InChI is InChI=1S/C50H66N2O15S2/c1-10-51-21-23-68-69-24-22-61-46(60)65-40(37(30-17-13-11-14-18-30)52-45(59)67-47(4,5)6)44(58)63-33-25-32-39(64-43(57)31-19-15-12-16-20-31)41-49(9,42(56)38(55)36(28(33)2)48(32,7)8)34(54)26-35-50(41,27-62-35)66-29(3)53/h11-20,32-35,37-41,51,54-55H,10,21-27H2,1-9H3,(H,52,59)/t32-,33+,34+,35-,37+,38-,39?,40-,41+,49-,50+/m1/s1/i1T. The second-order valence-corrected chi connectivity index (χ2v) is 22.2. The lowest BCUT2D eigenvalue weighted by atomic mass is 9.46. The summed E-state index contributed by atoms with van der Waals surface area (Å²) in [5.41, 5.74) is -4.73. The number of hydrogen-bond donors (Lipinski definition) is 4. The maximum absolute atomic E-state index is 15.2. The minimum Gasteiger partial charge on any atom is -0.458 e. The van der Waals surface area contributed by atoms with Crippen LogP contribution in [0.4, 0.5) is 9.59 Å². The van der Waals surface area contributed by atoms with Gasteiger partial charge in [-0.1, -0.05) is 90.9 Å². The Morgan fingerprint density at radius 2 is 1.62 bits per heavy atom. The first-order valence-corrected chi connectivity index (χ1v) is 25.6. The molecule has 6 rings (SSSR count). The first kappa shape index (κ1) is 52.2. The van der Waals surface area contributed by atoms with Crippen LogP contribution in [-0.4, -0.2) is 132 Å². The molecule has 69 heavy (non-hydrogen) atoms. The number of carbonyl (C=O) groups excluding carboxylic acids is 6. The topological polar surface area (TPSA) is 232 Å². The molecule has 1 saturated heterocycles. The van der Waals surface area contributed by atoms with Crippen LogP contribution in [0.25, 0.3) is 0 Å². The average Bonchev–Trinajstić information content (AvgIpc) is 3.29. The molecule has 2 aromatic carbocycles. The molecule has 1 amide bonds. The quantitative estimate of drug-likeness (QED) is 0.0448. The molecule has 1 heterocycles. The van der Waals surface area contributed by atoms with Crippen LogP contribution in [0.1, 0.15) is 98.5 Å². The normalized spacial score (nSPS) is 29.2. The minimum atomic E-state index is -1.92. The summed E-state index contributed by atoms with van der Waals surface area (Å²) >= 11 is 0. The Morgan fingerprint density at radius 3 is 2.25 bits per heavy atom. The number of amides is 1. The summed E-state index contributed by atoms with van der Waals surface area (Å²) in [6, 6.07) is 15.0. The number of alkyl carbamates (subject to hydrolysis) is 1. The lowest BCUT2D eigenvalue weighted by molar-refractivity contribution is -0.335. The summed E-state index contributed by atoms with van der Waals surface area (Å²) < 4.78 is 49.0. The number of aliphatic hydroxyl groups excluding tert-OH is 2. The Hall–Kier alpha value is -4.66. The van der Waals surface area contributed by atoms with E-state index in [1.54, 1.807) is 113 Å². The van der Waals surface area contributed by atoms with Gasteiger partial charge in [0.05, 0.1) is 29.6 Å². The van der Waals surface area contributed by atoms with Gasteiger partial charge in [0.1, 0.15) is 42.7 Å². The van der Waals surface area contributed by atoms with E-state index < -0.39 is 112 Å². The molecule has 0 aromatic heterocycles. The summed E-state index contributed by atoms with van der Waals surface area (Å²) in [5.74, 6) is -4.57. The number of benzene rings is 2. The molecule has 378 valence electrons. The van der Waals surface area contributed by atoms with Gasteiger partial charge in [-0.15, -0.1) is 0 Å². The molecule has 0 radical (unpaired) electrons. The number of fused-ring (bicyclic) bond motifs is 5. The lowest BCUT2D eigenvalue weighted by Gasteiger charge is -2.65. The highest BCUT2D eigenvalue weighted by Crippen LogP contribution is 2.63. The number of esters is 3. The third-order valence-corrected chi connectivity index (χ3v) is 15.9. The molecular weight excluding hydrogens is 933 g/mol. The third kappa shape index (κ3) is 11.6. The van der Waals surface area contributed by atoms with Crippen molar-refractivity contribution in [2.45, 2.75) is 129 Å². The van der Waals surface area contributed by atoms with Gasteiger partial charge in [0.2, 0.25) is 6.10 Å². The van der Waals surface area contributed by atoms with Crippen molar-refractivity contribution in [2.24, 2.45) is 22.7 Å². The number of carbonyl (C=O) groups is 6. The zero-order valence-electron chi connectivity index (χ0n) is 41.4. The summed E-state index contributed by atoms with van der Waals surface area (Å²) in [7, 11) is 3.00.